The van der Waals surface area contributed by atoms with Crippen LogP contribution in [0.15, 0.2) is 44.8 Å². The summed E-state index contributed by atoms with van der Waals surface area (Å²) >= 11 is 2.63. The van der Waals surface area contributed by atoms with Crippen molar-refractivity contribution in [3.63, 3.8) is 0 Å². The zero-order valence-corrected chi connectivity index (χ0v) is 18.4. The van der Waals surface area contributed by atoms with Gasteiger partial charge < -0.3 is 20.8 Å². The number of thioether (sulfide) groups is 1. The number of nitrogens with zero attached hydrogens (tertiary/aromatic N) is 3. The number of fused-ring (bicyclic) bond motifs is 1. The SMILES string of the molecule is CC(O)[C@H]1C(=O)N2C(C(=O)O)=C(Sc3nc(-c4cc[n+](CC(N)=O)cc4)cs3)[C@H](C)[C@H]12. The Bertz CT molecular complexity index is 1100. The van der Waals surface area contributed by atoms with E-state index in [0.717, 1.165) is 11.3 Å². The average molecular weight is 462 g/mol. The highest BCUT2D eigenvalue weighted by molar-refractivity contribution is 8.04. The standard InChI is InChI=1S/C20H20N4O5S2/c1-9-15-14(10(2)25)18(27)24(15)16(19(28)29)17(9)31-20-22-12(8-30-20)11-3-5-23(6-4-11)7-13(21)26/h3-6,8-10,14-15,25H,7H2,1-2H3,(H2-,21,26,28,29)/p+1/t9-,10?,14-,15-/m1/s1. The number of pyridine rings is 1. The van der Waals surface area contributed by atoms with E-state index in [1.54, 1.807) is 23.9 Å². The molecule has 0 aromatic carbocycles. The van der Waals surface area contributed by atoms with Crippen LogP contribution in [0, 0.1) is 11.8 Å². The van der Waals surface area contributed by atoms with Gasteiger partial charge in [-0.3, -0.25) is 9.59 Å². The fourth-order valence-electron chi connectivity index (χ4n) is 4.10. The summed E-state index contributed by atoms with van der Waals surface area (Å²) in [6.07, 6.45) is 2.64. The quantitative estimate of drug-likeness (QED) is 0.410. The number of hydrogen-bond donors (Lipinski definition) is 3. The smallest absolute Gasteiger partial charge is 0.353 e. The van der Waals surface area contributed by atoms with Gasteiger partial charge in [-0.1, -0.05) is 18.7 Å². The number of carbonyl (C=O) groups is 3. The second-order valence-corrected chi connectivity index (χ2v) is 9.75. The Morgan fingerprint density at radius 3 is 2.65 bits per heavy atom. The summed E-state index contributed by atoms with van der Waals surface area (Å²) in [4.78, 5) is 41.9. The van der Waals surface area contributed by atoms with Crippen molar-refractivity contribution in [2.75, 3.05) is 0 Å². The van der Waals surface area contributed by atoms with E-state index in [9.17, 15) is 24.6 Å². The summed E-state index contributed by atoms with van der Waals surface area (Å²) in [6, 6.07) is 3.30. The number of hydrogen-bond acceptors (Lipinski definition) is 7. The van der Waals surface area contributed by atoms with Gasteiger partial charge in [0.25, 0.3) is 5.91 Å². The molecule has 31 heavy (non-hydrogen) atoms. The van der Waals surface area contributed by atoms with E-state index < -0.39 is 23.9 Å². The first kappa shape index (κ1) is 21.5. The molecule has 0 bridgehead atoms. The molecule has 1 saturated heterocycles. The van der Waals surface area contributed by atoms with Crippen LogP contribution >= 0.6 is 23.1 Å². The minimum absolute atomic E-state index is 0.0200. The van der Waals surface area contributed by atoms with Gasteiger partial charge in [0.2, 0.25) is 12.5 Å². The first-order valence-corrected chi connectivity index (χ1v) is 11.3. The number of rotatable bonds is 7. The molecule has 4 atom stereocenters. The van der Waals surface area contributed by atoms with Crippen LogP contribution in [0.4, 0.5) is 0 Å². The predicted molar refractivity (Wildman–Crippen MR) is 112 cm³/mol. The van der Waals surface area contributed by atoms with Crippen LogP contribution in [-0.2, 0) is 20.9 Å². The lowest BCUT2D eigenvalue weighted by Gasteiger charge is -2.46. The third-order valence-corrected chi connectivity index (χ3v) is 7.74. The molecular weight excluding hydrogens is 440 g/mol. The number of amides is 2. The van der Waals surface area contributed by atoms with E-state index in [1.165, 1.54) is 28.0 Å². The molecule has 2 aromatic rings. The zero-order chi connectivity index (χ0) is 22.4. The fourth-order valence-corrected chi connectivity index (χ4v) is 6.20. The number of aliphatic hydroxyl groups excluding tert-OH is 1. The highest BCUT2D eigenvalue weighted by Crippen LogP contribution is 2.52. The van der Waals surface area contributed by atoms with Crippen molar-refractivity contribution in [1.82, 2.24) is 9.88 Å². The van der Waals surface area contributed by atoms with Crippen LogP contribution < -0.4 is 10.3 Å². The van der Waals surface area contributed by atoms with E-state index in [-0.39, 0.29) is 30.1 Å². The molecule has 2 amide bonds. The molecule has 0 saturated carbocycles. The largest absolute Gasteiger partial charge is 0.477 e. The summed E-state index contributed by atoms with van der Waals surface area (Å²) in [5.74, 6) is -2.75. The van der Waals surface area contributed by atoms with Crippen molar-refractivity contribution in [1.29, 1.82) is 0 Å². The number of carboxylic acid groups (broad SMARTS) is 1. The molecule has 4 heterocycles. The molecule has 4 rings (SSSR count). The average Bonchev–Trinajstić information content (AvgIpc) is 3.24. The van der Waals surface area contributed by atoms with E-state index in [0.29, 0.717) is 9.24 Å². The van der Waals surface area contributed by atoms with Gasteiger partial charge >= 0.3 is 5.97 Å². The number of aliphatic hydroxyl groups is 1. The van der Waals surface area contributed by atoms with Crippen LogP contribution in [0.3, 0.4) is 0 Å². The molecule has 1 unspecified atom stereocenters. The lowest BCUT2D eigenvalue weighted by Crippen LogP contribution is -2.63. The van der Waals surface area contributed by atoms with Crippen molar-refractivity contribution in [3.8, 4) is 11.3 Å². The molecular formula is C20H21N4O5S2+. The normalized spacial score (nSPS) is 23.5. The van der Waals surface area contributed by atoms with Crippen LogP contribution in [0.5, 0.6) is 0 Å². The Kier molecular flexibility index (Phi) is 5.58. The van der Waals surface area contributed by atoms with Crippen LogP contribution in [-0.4, -0.2) is 50.0 Å². The number of β-lactam (4-membered cyclic amide) rings is 1. The van der Waals surface area contributed by atoms with Gasteiger partial charge in [0, 0.05) is 33.9 Å². The van der Waals surface area contributed by atoms with Crippen molar-refractivity contribution in [2.24, 2.45) is 17.6 Å². The van der Waals surface area contributed by atoms with Gasteiger partial charge in [-0.15, -0.1) is 11.3 Å². The fraction of sp³-hybridized carbons (Fsp3) is 0.350. The summed E-state index contributed by atoms with van der Waals surface area (Å²) in [5, 5.41) is 21.6. The number of aliphatic carboxylic acids is 1. The molecule has 9 nitrogen and oxygen atoms in total. The minimum atomic E-state index is -1.16. The Morgan fingerprint density at radius 1 is 1.39 bits per heavy atom. The number of nitrogens with two attached hydrogens (primary N) is 1. The van der Waals surface area contributed by atoms with E-state index in [1.807, 2.05) is 24.4 Å². The summed E-state index contributed by atoms with van der Waals surface area (Å²) in [5.41, 5.74) is 6.75. The molecule has 4 N–H and O–H groups in total. The number of thiazole rings is 1. The Labute approximate surface area is 186 Å². The maximum absolute atomic E-state index is 12.4. The van der Waals surface area contributed by atoms with E-state index in [4.69, 9.17) is 5.73 Å². The van der Waals surface area contributed by atoms with E-state index >= 15 is 0 Å². The van der Waals surface area contributed by atoms with Gasteiger partial charge in [-0.25, -0.2) is 9.78 Å². The highest BCUT2D eigenvalue weighted by Gasteiger charge is 2.60. The third kappa shape index (κ3) is 3.73. The molecule has 162 valence electrons. The molecule has 11 heteroatoms. The first-order chi connectivity index (χ1) is 14.7. The number of primary amides is 1. The molecule has 0 radical (unpaired) electrons. The molecule has 2 aromatic heterocycles. The highest BCUT2D eigenvalue weighted by atomic mass is 32.2. The Hall–Kier alpha value is -2.76. The van der Waals surface area contributed by atoms with Crippen molar-refractivity contribution in [2.45, 2.75) is 36.9 Å². The third-order valence-electron chi connectivity index (χ3n) is 5.52. The molecule has 2 aliphatic heterocycles. The number of carboxylic acids is 1. The van der Waals surface area contributed by atoms with E-state index in [2.05, 4.69) is 4.98 Å². The molecule has 1 fully saturated rings. The Morgan fingerprint density at radius 2 is 2.06 bits per heavy atom. The summed E-state index contributed by atoms with van der Waals surface area (Å²) in [6.45, 7) is 3.52. The topological polar surface area (TPSA) is 138 Å². The zero-order valence-electron chi connectivity index (χ0n) is 16.8. The van der Waals surface area contributed by atoms with Crippen molar-refractivity contribution in [3.05, 3.63) is 40.5 Å². The summed E-state index contributed by atoms with van der Waals surface area (Å²) < 4.78 is 2.32. The van der Waals surface area contributed by atoms with Gasteiger partial charge in [-0.2, -0.15) is 4.57 Å². The maximum Gasteiger partial charge on any atom is 0.353 e. The maximum atomic E-state index is 12.4. The number of carbonyl (C=O) groups excluding carboxylic acids is 2. The second-order valence-electron chi connectivity index (χ2n) is 7.60. The second kappa shape index (κ2) is 8.06. The lowest BCUT2D eigenvalue weighted by molar-refractivity contribution is -0.684. The van der Waals surface area contributed by atoms with Crippen LogP contribution in [0.2, 0.25) is 0 Å². The molecule has 0 aliphatic carbocycles. The molecule has 0 spiro atoms. The number of aromatic nitrogens is 2. The monoisotopic (exact) mass is 461 g/mol. The molecule has 2 aliphatic rings. The Balaban J connectivity index is 1.57. The first-order valence-electron chi connectivity index (χ1n) is 9.58. The van der Waals surface area contributed by atoms with Crippen molar-refractivity contribution >= 4 is 40.9 Å². The van der Waals surface area contributed by atoms with Gasteiger partial charge in [0.15, 0.2) is 16.7 Å². The minimum Gasteiger partial charge on any atom is -0.477 e. The lowest BCUT2D eigenvalue weighted by atomic mass is 9.79. The van der Waals surface area contributed by atoms with Crippen molar-refractivity contribution < 1.29 is 29.2 Å². The van der Waals surface area contributed by atoms with Gasteiger partial charge in [0.1, 0.15) is 5.70 Å². The van der Waals surface area contributed by atoms with Gasteiger partial charge in [-0.05, 0) is 6.92 Å². The van der Waals surface area contributed by atoms with Crippen LogP contribution in [0.25, 0.3) is 11.3 Å². The summed E-state index contributed by atoms with van der Waals surface area (Å²) in [7, 11) is 0. The predicted octanol–water partition coefficient (Wildman–Crippen LogP) is 0.829. The van der Waals surface area contributed by atoms with Gasteiger partial charge in [0.05, 0.1) is 23.8 Å². The van der Waals surface area contributed by atoms with Crippen LogP contribution in [0.1, 0.15) is 13.8 Å².